The number of aliphatic hydroxyl groups excluding tert-OH is 1. The van der Waals surface area contributed by atoms with Gasteiger partial charge in [0.15, 0.2) is 0 Å². The maximum absolute atomic E-state index is 10.6. The number of hydrogen-bond donors (Lipinski definition) is 1. The lowest BCUT2D eigenvalue weighted by atomic mass is 9.39. The number of rotatable bonds is 2. The molecule has 4 saturated carbocycles. The molecular formula is C24H42O2. The Kier molecular flexibility index (Phi) is 4.41. The zero-order chi connectivity index (χ0) is 19.0. The summed E-state index contributed by atoms with van der Waals surface area (Å²) in [5.41, 5.74) is 1.37. The van der Waals surface area contributed by atoms with Crippen LogP contribution in [0.1, 0.15) is 92.4 Å². The SMILES string of the molecule is CO[C@@H]1CC[C@]2(C)[C@@H]3CC[C@]4(C)[C@H](CC[C@]4(C)[C@H](C)O)[C@@H]3CC[C@@]2(C)C1. The van der Waals surface area contributed by atoms with Crippen molar-refractivity contribution < 1.29 is 9.84 Å². The standard InChI is InChI=1S/C24H42O2/c1-16(25)22(3)13-9-20-18-8-11-21(2)15-17(26-6)7-12-23(21,4)19(18)10-14-24(20,22)5/h16-20,25H,7-15H2,1-6H3/t16-,17+,18+,19+,20+,21-,22+,23+,24+/m0/s1. The fourth-order valence-electron chi connectivity index (χ4n) is 8.78. The Hall–Kier alpha value is -0.0800. The summed E-state index contributed by atoms with van der Waals surface area (Å²) in [5, 5.41) is 10.6. The van der Waals surface area contributed by atoms with Crippen LogP contribution >= 0.6 is 0 Å². The van der Waals surface area contributed by atoms with Gasteiger partial charge in [0.25, 0.3) is 0 Å². The highest BCUT2D eigenvalue weighted by Crippen LogP contribution is 2.73. The summed E-state index contributed by atoms with van der Waals surface area (Å²) >= 11 is 0. The lowest BCUT2D eigenvalue weighted by Crippen LogP contribution is -2.59. The van der Waals surface area contributed by atoms with Crippen LogP contribution in [-0.4, -0.2) is 24.4 Å². The first kappa shape index (κ1) is 19.2. The molecule has 4 rings (SSSR count). The molecule has 0 bridgehead atoms. The molecule has 4 aliphatic rings. The van der Waals surface area contributed by atoms with E-state index in [-0.39, 0.29) is 11.5 Å². The van der Waals surface area contributed by atoms with E-state index >= 15 is 0 Å². The third kappa shape index (κ3) is 2.24. The van der Waals surface area contributed by atoms with Crippen LogP contribution in [0.4, 0.5) is 0 Å². The van der Waals surface area contributed by atoms with Gasteiger partial charge in [-0.05, 0) is 104 Å². The highest BCUT2D eigenvalue weighted by molar-refractivity contribution is 5.15. The van der Waals surface area contributed by atoms with Crippen LogP contribution < -0.4 is 0 Å². The van der Waals surface area contributed by atoms with Crippen LogP contribution in [0, 0.1) is 39.4 Å². The van der Waals surface area contributed by atoms with E-state index in [4.69, 9.17) is 4.74 Å². The van der Waals surface area contributed by atoms with Crippen molar-refractivity contribution in [2.75, 3.05) is 7.11 Å². The molecule has 0 aromatic rings. The highest BCUT2D eigenvalue weighted by Gasteiger charge is 2.66. The molecule has 0 radical (unpaired) electrons. The molecule has 0 aromatic carbocycles. The molecule has 4 fully saturated rings. The van der Waals surface area contributed by atoms with Crippen molar-refractivity contribution in [2.45, 2.75) is 105 Å². The van der Waals surface area contributed by atoms with Gasteiger partial charge in [0.1, 0.15) is 0 Å². The molecule has 0 amide bonds. The van der Waals surface area contributed by atoms with Gasteiger partial charge in [0, 0.05) is 7.11 Å². The van der Waals surface area contributed by atoms with Crippen molar-refractivity contribution >= 4 is 0 Å². The van der Waals surface area contributed by atoms with Crippen LogP contribution in [-0.2, 0) is 4.74 Å². The Morgan fingerprint density at radius 3 is 2.12 bits per heavy atom. The maximum atomic E-state index is 10.6. The van der Waals surface area contributed by atoms with Crippen molar-refractivity contribution in [1.29, 1.82) is 0 Å². The van der Waals surface area contributed by atoms with E-state index in [0.29, 0.717) is 22.3 Å². The summed E-state index contributed by atoms with van der Waals surface area (Å²) in [6.07, 6.45) is 12.2. The van der Waals surface area contributed by atoms with Gasteiger partial charge in [-0.1, -0.05) is 27.7 Å². The number of aliphatic hydroxyl groups is 1. The van der Waals surface area contributed by atoms with Gasteiger partial charge < -0.3 is 9.84 Å². The van der Waals surface area contributed by atoms with Gasteiger partial charge in [-0.25, -0.2) is 0 Å². The van der Waals surface area contributed by atoms with Gasteiger partial charge >= 0.3 is 0 Å². The summed E-state index contributed by atoms with van der Waals surface area (Å²) in [4.78, 5) is 0. The van der Waals surface area contributed by atoms with E-state index in [1.54, 1.807) is 0 Å². The quantitative estimate of drug-likeness (QED) is 0.670. The molecular weight excluding hydrogens is 320 g/mol. The molecule has 0 aromatic heterocycles. The average molecular weight is 363 g/mol. The predicted octanol–water partition coefficient (Wildman–Crippen LogP) is 5.82. The first-order valence-electron chi connectivity index (χ1n) is 11.3. The Morgan fingerprint density at radius 2 is 1.46 bits per heavy atom. The zero-order valence-electron chi connectivity index (χ0n) is 18.1. The van der Waals surface area contributed by atoms with Crippen LogP contribution in [0.15, 0.2) is 0 Å². The number of methoxy groups -OCH3 is 1. The molecule has 1 N–H and O–H groups in total. The van der Waals surface area contributed by atoms with E-state index in [1.807, 2.05) is 14.0 Å². The van der Waals surface area contributed by atoms with E-state index in [1.165, 1.54) is 57.8 Å². The first-order chi connectivity index (χ1) is 12.1. The van der Waals surface area contributed by atoms with Crippen molar-refractivity contribution in [3.63, 3.8) is 0 Å². The van der Waals surface area contributed by atoms with E-state index in [9.17, 15) is 5.11 Å². The second-order valence-corrected chi connectivity index (χ2v) is 11.6. The molecule has 26 heavy (non-hydrogen) atoms. The van der Waals surface area contributed by atoms with Crippen molar-refractivity contribution in [2.24, 2.45) is 39.4 Å². The molecule has 0 aliphatic heterocycles. The maximum Gasteiger partial charge on any atom is 0.0577 e. The van der Waals surface area contributed by atoms with Crippen molar-refractivity contribution in [3.8, 4) is 0 Å². The third-order valence-electron chi connectivity index (χ3n) is 11.3. The molecule has 150 valence electrons. The second-order valence-electron chi connectivity index (χ2n) is 11.6. The Balaban J connectivity index is 1.64. The molecule has 4 aliphatic carbocycles. The van der Waals surface area contributed by atoms with Crippen LogP contribution in [0.2, 0.25) is 0 Å². The molecule has 2 nitrogen and oxygen atoms in total. The number of hydrogen-bond acceptors (Lipinski definition) is 2. The fraction of sp³-hybridized carbons (Fsp3) is 1.00. The Bertz CT molecular complexity index is 558. The summed E-state index contributed by atoms with van der Waals surface area (Å²) in [6.45, 7) is 12.2. The van der Waals surface area contributed by atoms with Gasteiger partial charge in [0.05, 0.1) is 12.2 Å². The monoisotopic (exact) mass is 362 g/mol. The summed E-state index contributed by atoms with van der Waals surface area (Å²) < 4.78 is 5.80. The molecule has 2 heteroatoms. The number of fused-ring (bicyclic) bond motifs is 5. The largest absolute Gasteiger partial charge is 0.393 e. The predicted molar refractivity (Wildman–Crippen MR) is 107 cm³/mol. The van der Waals surface area contributed by atoms with Crippen LogP contribution in [0.25, 0.3) is 0 Å². The van der Waals surface area contributed by atoms with Crippen molar-refractivity contribution in [1.82, 2.24) is 0 Å². The second kappa shape index (κ2) is 5.96. The zero-order valence-corrected chi connectivity index (χ0v) is 18.1. The smallest absolute Gasteiger partial charge is 0.0577 e. The first-order valence-corrected chi connectivity index (χ1v) is 11.3. The molecule has 0 unspecified atom stereocenters. The highest BCUT2D eigenvalue weighted by atomic mass is 16.5. The van der Waals surface area contributed by atoms with Gasteiger partial charge in [-0.2, -0.15) is 0 Å². The minimum Gasteiger partial charge on any atom is -0.393 e. The lowest BCUT2D eigenvalue weighted by Gasteiger charge is -2.66. The van der Waals surface area contributed by atoms with Gasteiger partial charge in [-0.15, -0.1) is 0 Å². The average Bonchev–Trinajstić information content (AvgIpc) is 2.88. The summed E-state index contributed by atoms with van der Waals surface area (Å²) in [6, 6.07) is 0. The molecule has 0 saturated heterocycles. The molecule has 0 heterocycles. The minimum atomic E-state index is -0.185. The van der Waals surface area contributed by atoms with E-state index in [2.05, 4.69) is 27.7 Å². The summed E-state index contributed by atoms with van der Waals surface area (Å²) in [7, 11) is 1.91. The van der Waals surface area contributed by atoms with E-state index < -0.39 is 0 Å². The normalized spacial score (nSPS) is 57.8. The van der Waals surface area contributed by atoms with Crippen molar-refractivity contribution in [3.05, 3.63) is 0 Å². The van der Waals surface area contributed by atoms with Gasteiger partial charge in [-0.3, -0.25) is 0 Å². The molecule has 0 spiro atoms. The lowest BCUT2D eigenvalue weighted by molar-refractivity contribution is -0.184. The van der Waals surface area contributed by atoms with Crippen LogP contribution in [0.3, 0.4) is 0 Å². The Morgan fingerprint density at radius 1 is 0.846 bits per heavy atom. The van der Waals surface area contributed by atoms with E-state index in [0.717, 1.165) is 17.8 Å². The molecule has 9 atom stereocenters. The topological polar surface area (TPSA) is 29.5 Å². The fourth-order valence-corrected chi connectivity index (χ4v) is 8.78. The summed E-state index contributed by atoms with van der Waals surface area (Å²) in [5.74, 6) is 2.59. The van der Waals surface area contributed by atoms with Crippen LogP contribution in [0.5, 0.6) is 0 Å². The Labute approximate surface area is 161 Å². The third-order valence-corrected chi connectivity index (χ3v) is 11.3. The number of ether oxygens (including phenoxy) is 1. The minimum absolute atomic E-state index is 0.109. The van der Waals surface area contributed by atoms with Gasteiger partial charge in [0.2, 0.25) is 0 Å².